The molecule has 0 heterocycles. The molecule has 2 N–H and O–H groups in total. The van der Waals surface area contributed by atoms with Crippen LogP contribution < -0.4 is 5.32 Å². The van der Waals surface area contributed by atoms with Crippen LogP contribution in [-0.2, 0) is 0 Å². The molecule has 92 valence electrons. The molecule has 3 nitrogen and oxygen atoms in total. The quantitative estimate of drug-likeness (QED) is 0.799. The molecule has 0 radical (unpaired) electrons. The lowest BCUT2D eigenvalue weighted by Crippen LogP contribution is -2.12. The summed E-state index contributed by atoms with van der Waals surface area (Å²) in [6.45, 7) is 1.72. The Hall–Kier alpha value is -2.36. The van der Waals surface area contributed by atoms with Crippen LogP contribution in [0.2, 0.25) is 0 Å². The largest absolute Gasteiger partial charge is 0.508 e. The molecule has 0 aliphatic carbocycles. The van der Waals surface area contributed by atoms with Crippen molar-refractivity contribution in [2.24, 2.45) is 0 Å². The van der Waals surface area contributed by atoms with E-state index in [9.17, 15) is 9.18 Å². The van der Waals surface area contributed by atoms with E-state index < -0.39 is 5.82 Å². The van der Waals surface area contributed by atoms with Gasteiger partial charge in [-0.25, -0.2) is 4.39 Å². The van der Waals surface area contributed by atoms with Gasteiger partial charge >= 0.3 is 0 Å². The summed E-state index contributed by atoms with van der Waals surface area (Å²) in [5.41, 5.74) is 1.49. The highest BCUT2D eigenvalue weighted by molar-refractivity contribution is 6.04. The summed E-state index contributed by atoms with van der Waals surface area (Å²) in [5, 5.41) is 11.7. The Morgan fingerprint density at radius 1 is 1.17 bits per heavy atom. The van der Waals surface area contributed by atoms with E-state index in [1.807, 2.05) is 0 Å². The molecule has 1 amide bonds. The Kier molecular flexibility index (Phi) is 3.28. The smallest absolute Gasteiger partial charge is 0.255 e. The first kappa shape index (κ1) is 12.1. The number of carbonyl (C=O) groups excluding carboxylic acids is 1. The van der Waals surface area contributed by atoms with Crippen molar-refractivity contribution in [3.8, 4) is 5.75 Å². The van der Waals surface area contributed by atoms with Crippen LogP contribution in [0.15, 0.2) is 42.5 Å². The van der Waals surface area contributed by atoms with Crippen LogP contribution in [0.3, 0.4) is 0 Å². The third-order valence-electron chi connectivity index (χ3n) is 2.43. The number of hydrogen-bond acceptors (Lipinski definition) is 2. The number of rotatable bonds is 2. The first-order valence-corrected chi connectivity index (χ1v) is 5.42. The fourth-order valence-electron chi connectivity index (χ4n) is 1.62. The minimum Gasteiger partial charge on any atom is -0.508 e. The number of aromatic hydroxyl groups is 1. The third kappa shape index (κ3) is 2.85. The second-order valence-corrected chi connectivity index (χ2v) is 4.02. The van der Waals surface area contributed by atoms with Crippen molar-refractivity contribution in [2.75, 3.05) is 5.32 Å². The number of phenols is 1. The molecule has 0 fully saturated rings. The van der Waals surface area contributed by atoms with Gasteiger partial charge in [-0.15, -0.1) is 0 Å². The van der Waals surface area contributed by atoms with Crippen molar-refractivity contribution < 1.29 is 14.3 Å². The minimum absolute atomic E-state index is 0.120. The van der Waals surface area contributed by atoms with Gasteiger partial charge < -0.3 is 10.4 Å². The molecule has 0 unspecified atom stereocenters. The monoisotopic (exact) mass is 245 g/mol. The summed E-state index contributed by atoms with van der Waals surface area (Å²) < 4.78 is 13.2. The topological polar surface area (TPSA) is 49.3 Å². The second-order valence-electron chi connectivity index (χ2n) is 4.02. The zero-order valence-corrected chi connectivity index (χ0v) is 9.77. The van der Waals surface area contributed by atoms with Gasteiger partial charge in [-0.05, 0) is 55.0 Å². The lowest BCUT2D eigenvalue weighted by molar-refractivity contribution is 0.102. The Bertz CT molecular complexity index is 559. The normalized spacial score (nSPS) is 10.1. The minimum atomic E-state index is -0.439. The van der Waals surface area contributed by atoms with Crippen LogP contribution >= 0.6 is 0 Å². The van der Waals surface area contributed by atoms with Crippen LogP contribution in [-0.4, -0.2) is 11.0 Å². The fraction of sp³-hybridized carbons (Fsp3) is 0.0714. The molecule has 0 saturated carbocycles. The zero-order chi connectivity index (χ0) is 13.1. The van der Waals surface area contributed by atoms with Crippen molar-refractivity contribution >= 4 is 11.6 Å². The van der Waals surface area contributed by atoms with E-state index in [-0.39, 0.29) is 17.2 Å². The fourth-order valence-corrected chi connectivity index (χ4v) is 1.62. The summed E-state index contributed by atoms with van der Waals surface area (Å²) in [6.07, 6.45) is 0. The van der Waals surface area contributed by atoms with Gasteiger partial charge in [0, 0.05) is 11.3 Å². The summed E-state index contributed by atoms with van der Waals surface area (Å²) in [6, 6.07) is 10.2. The molecule has 0 spiro atoms. The lowest BCUT2D eigenvalue weighted by atomic mass is 10.1. The number of nitrogens with one attached hydrogen (secondary N) is 1. The Morgan fingerprint density at radius 3 is 2.44 bits per heavy atom. The molecule has 0 aromatic heterocycles. The number of benzene rings is 2. The number of anilines is 1. The highest BCUT2D eigenvalue weighted by Gasteiger charge is 2.08. The molecule has 0 atom stereocenters. The second kappa shape index (κ2) is 4.87. The average molecular weight is 245 g/mol. The van der Waals surface area contributed by atoms with E-state index in [0.717, 1.165) is 0 Å². The molecule has 0 saturated heterocycles. The summed E-state index contributed by atoms with van der Waals surface area (Å²) in [7, 11) is 0. The average Bonchev–Trinajstić information content (AvgIpc) is 2.31. The Morgan fingerprint density at radius 2 is 1.83 bits per heavy atom. The van der Waals surface area contributed by atoms with Crippen LogP contribution in [0.5, 0.6) is 5.75 Å². The molecular formula is C14H12FNO2. The predicted octanol–water partition coefficient (Wildman–Crippen LogP) is 3.09. The number of amides is 1. The molecule has 0 bridgehead atoms. The van der Waals surface area contributed by atoms with E-state index in [4.69, 9.17) is 5.11 Å². The van der Waals surface area contributed by atoms with E-state index >= 15 is 0 Å². The lowest BCUT2D eigenvalue weighted by Gasteiger charge is -2.06. The van der Waals surface area contributed by atoms with Gasteiger partial charge in [-0.3, -0.25) is 4.79 Å². The van der Waals surface area contributed by atoms with Gasteiger partial charge in [0.25, 0.3) is 5.91 Å². The summed E-state index contributed by atoms with van der Waals surface area (Å²) in [5.74, 6) is -0.705. The summed E-state index contributed by atoms with van der Waals surface area (Å²) in [4.78, 5) is 11.9. The van der Waals surface area contributed by atoms with Gasteiger partial charge in [0.15, 0.2) is 0 Å². The van der Waals surface area contributed by atoms with Crippen LogP contribution in [0.25, 0.3) is 0 Å². The number of phenolic OH excluding ortho intramolecular Hbond substituents is 1. The summed E-state index contributed by atoms with van der Waals surface area (Å²) >= 11 is 0. The predicted molar refractivity (Wildman–Crippen MR) is 67.2 cm³/mol. The molecule has 0 aliphatic rings. The van der Waals surface area contributed by atoms with E-state index in [1.165, 1.54) is 24.3 Å². The number of hydrogen-bond donors (Lipinski definition) is 2. The first-order valence-electron chi connectivity index (χ1n) is 5.42. The standard InChI is InChI=1S/C14H12FNO2/c1-9-6-10(8-11(15)7-9)14(18)16-12-2-4-13(17)5-3-12/h2-8,17H,1H3,(H,16,18). The van der Waals surface area contributed by atoms with Gasteiger partial charge in [-0.1, -0.05) is 0 Å². The van der Waals surface area contributed by atoms with Gasteiger partial charge in [0.1, 0.15) is 11.6 Å². The number of aryl methyl sites for hydroxylation is 1. The maximum atomic E-state index is 13.2. The third-order valence-corrected chi connectivity index (χ3v) is 2.43. The maximum absolute atomic E-state index is 13.2. The van der Waals surface area contributed by atoms with Gasteiger partial charge in [0.2, 0.25) is 0 Å². The first-order chi connectivity index (χ1) is 8.54. The van der Waals surface area contributed by atoms with Gasteiger partial charge in [-0.2, -0.15) is 0 Å². The Balaban J connectivity index is 2.19. The van der Waals surface area contributed by atoms with Crippen molar-refractivity contribution in [1.82, 2.24) is 0 Å². The highest BCUT2D eigenvalue weighted by atomic mass is 19.1. The van der Waals surface area contributed by atoms with Crippen LogP contribution in [0.4, 0.5) is 10.1 Å². The molecule has 2 aromatic rings. The highest BCUT2D eigenvalue weighted by Crippen LogP contribution is 2.15. The van der Waals surface area contributed by atoms with Crippen molar-refractivity contribution in [1.29, 1.82) is 0 Å². The maximum Gasteiger partial charge on any atom is 0.255 e. The molecule has 2 rings (SSSR count). The molecule has 0 aliphatic heterocycles. The van der Waals surface area contributed by atoms with E-state index in [0.29, 0.717) is 11.3 Å². The number of halogens is 1. The van der Waals surface area contributed by atoms with E-state index in [2.05, 4.69) is 5.32 Å². The SMILES string of the molecule is Cc1cc(F)cc(C(=O)Nc2ccc(O)cc2)c1. The zero-order valence-electron chi connectivity index (χ0n) is 9.77. The van der Waals surface area contributed by atoms with Crippen molar-refractivity contribution in [3.05, 3.63) is 59.4 Å². The van der Waals surface area contributed by atoms with Crippen LogP contribution in [0.1, 0.15) is 15.9 Å². The van der Waals surface area contributed by atoms with Crippen molar-refractivity contribution in [2.45, 2.75) is 6.92 Å². The van der Waals surface area contributed by atoms with Gasteiger partial charge in [0.05, 0.1) is 0 Å². The molecule has 18 heavy (non-hydrogen) atoms. The number of carbonyl (C=O) groups is 1. The van der Waals surface area contributed by atoms with E-state index in [1.54, 1.807) is 25.1 Å². The molecule has 4 heteroatoms. The molecular weight excluding hydrogens is 233 g/mol. The van der Waals surface area contributed by atoms with Crippen molar-refractivity contribution in [3.63, 3.8) is 0 Å². The molecule has 2 aromatic carbocycles. The Labute approximate surface area is 104 Å². The van der Waals surface area contributed by atoms with Crippen LogP contribution in [0, 0.1) is 12.7 Å².